The molecule has 234 valence electrons. The first-order valence-electron chi connectivity index (χ1n) is 14.4. The van der Waals surface area contributed by atoms with Gasteiger partial charge >= 0.3 is 6.09 Å². The molecule has 10 nitrogen and oxygen atoms in total. The Bertz CT molecular complexity index is 1280. The molecule has 2 heterocycles. The van der Waals surface area contributed by atoms with Crippen LogP contribution in [0, 0.1) is 11.3 Å². The lowest BCUT2D eigenvalue weighted by atomic mass is 9.89. The van der Waals surface area contributed by atoms with Crippen molar-refractivity contribution in [1.29, 1.82) is 5.26 Å². The van der Waals surface area contributed by atoms with Crippen LogP contribution in [0.5, 0.6) is 5.75 Å². The second-order valence-corrected chi connectivity index (χ2v) is 11.9. The fraction of sp³-hybridized carbons (Fsp3) is 0.562. The molecule has 0 aromatic heterocycles. The third kappa shape index (κ3) is 6.80. The van der Waals surface area contributed by atoms with Gasteiger partial charge in [0.05, 0.1) is 30.9 Å². The summed E-state index contributed by atoms with van der Waals surface area (Å²) in [6.45, 7) is 9.53. The number of hydrogen-bond donors (Lipinski definition) is 0. The maximum Gasteiger partial charge on any atom is 0.410 e. The summed E-state index contributed by atoms with van der Waals surface area (Å²) in [7, 11) is 3.13. The average Bonchev–Trinajstić information content (AvgIpc) is 3.02. The summed E-state index contributed by atoms with van der Waals surface area (Å²) < 4.78 is 41.6. The van der Waals surface area contributed by atoms with E-state index in [0.29, 0.717) is 12.2 Å². The minimum Gasteiger partial charge on any atom is -0.484 e. The molecule has 0 bridgehead atoms. The Kier molecular flexibility index (Phi) is 11.3. The van der Waals surface area contributed by atoms with Gasteiger partial charge in [-0.25, -0.2) is 4.79 Å². The van der Waals surface area contributed by atoms with Gasteiger partial charge < -0.3 is 33.2 Å². The van der Waals surface area contributed by atoms with Gasteiger partial charge in [-0.1, -0.05) is 49.1 Å². The fourth-order valence-corrected chi connectivity index (χ4v) is 6.73. The van der Waals surface area contributed by atoms with E-state index in [4.69, 9.17) is 33.2 Å². The predicted molar refractivity (Wildman–Crippen MR) is 164 cm³/mol. The fourth-order valence-electron chi connectivity index (χ4n) is 5.84. The van der Waals surface area contributed by atoms with Crippen LogP contribution in [-0.4, -0.2) is 98.5 Å². The van der Waals surface area contributed by atoms with Crippen molar-refractivity contribution in [3.05, 3.63) is 55.1 Å². The summed E-state index contributed by atoms with van der Waals surface area (Å²) in [6, 6.07) is 15.6. The Morgan fingerprint density at radius 2 is 1.98 bits per heavy atom. The third-order valence-corrected chi connectivity index (χ3v) is 9.38. The molecule has 0 spiro atoms. The SMILES string of the molecule is C=CCOC(=O)N(C(C)C)[C@H]1CO[C@@H](O[C@H]2[C@@H](OC)O[C@H](C)[C@](C#N)(SC)[C@@H]2Oc2cccc3ccccc23)C[C@@H]1OC. The topological polar surface area (TPSA) is 109 Å². The van der Waals surface area contributed by atoms with Crippen LogP contribution < -0.4 is 4.74 Å². The molecule has 4 rings (SSSR count). The first kappa shape index (κ1) is 33.1. The van der Waals surface area contributed by atoms with Crippen molar-refractivity contribution in [2.45, 2.75) is 81.0 Å². The Balaban J connectivity index is 1.63. The number of nitriles is 1. The highest BCUT2D eigenvalue weighted by Crippen LogP contribution is 2.44. The number of benzene rings is 2. The van der Waals surface area contributed by atoms with Gasteiger partial charge in [-0.2, -0.15) is 5.26 Å². The molecule has 8 atom stereocenters. The van der Waals surface area contributed by atoms with Crippen LogP contribution in [0.1, 0.15) is 27.2 Å². The molecule has 2 fully saturated rings. The summed E-state index contributed by atoms with van der Waals surface area (Å²) in [6.07, 6.45) is -0.966. The van der Waals surface area contributed by atoms with E-state index in [2.05, 4.69) is 12.6 Å². The summed E-state index contributed by atoms with van der Waals surface area (Å²) in [4.78, 5) is 14.5. The molecule has 2 aromatic carbocycles. The minimum absolute atomic E-state index is 0.103. The smallest absolute Gasteiger partial charge is 0.410 e. The second kappa shape index (κ2) is 14.8. The molecule has 0 saturated carbocycles. The van der Waals surface area contributed by atoms with Crippen LogP contribution in [0.3, 0.4) is 0 Å². The van der Waals surface area contributed by atoms with Crippen LogP contribution in [0.4, 0.5) is 4.79 Å². The minimum atomic E-state index is -1.13. The zero-order valence-electron chi connectivity index (χ0n) is 25.6. The Labute approximate surface area is 258 Å². The molecule has 2 saturated heterocycles. The van der Waals surface area contributed by atoms with Crippen LogP contribution in [0.25, 0.3) is 10.8 Å². The molecule has 11 heteroatoms. The molecule has 2 aliphatic rings. The Morgan fingerprint density at radius 3 is 2.63 bits per heavy atom. The van der Waals surface area contributed by atoms with Crippen molar-refractivity contribution in [2.24, 2.45) is 0 Å². The van der Waals surface area contributed by atoms with E-state index in [1.165, 1.54) is 24.9 Å². The lowest BCUT2D eigenvalue weighted by Crippen LogP contribution is -2.67. The van der Waals surface area contributed by atoms with E-state index in [0.717, 1.165) is 10.8 Å². The number of thioether (sulfide) groups is 1. The quantitative estimate of drug-likeness (QED) is 0.315. The first-order valence-corrected chi connectivity index (χ1v) is 15.6. The molecule has 1 amide bonds. The molecule has 0 unspecified atom stereocenters. The van der Waals surface area contributed by atoms with Crippen LogP contribution >= 0.6 is 11.8 Å². The number of nitrogens with zero attached hydrogens (tertiary/aromatic N) is 2. The maximum absolute atomic E-state index is 12.9. The Hall–Kier alpha value is -2.85. The molecule has 2 aliphatic heterocycles. The molecular weight excluding hydrogens is 572 g/mol. The molecular formula is C32H42N2O8S. The summed E-state index contributed by atoms with van der Waals surface area (Å²) in [5.41, 5.74) is 0. The number of methoxy groups -OCH3 is 2. The van der Waals surface area contributed by atoms with E-state index >= 15 is 0 Å². The van der Waals surface area contributed by atoms with E-state index in [1.807, 2.05) is 69.5 Å². The summed E-state index contributed by atoms with van der Waals surface area (Å²) >= 11 is 1.36. The highest BCUT2D eigenvalue weighted by Gasteiger charge is 2.59. The van der Waals surface area contributed by atoms with Gasteiger partial charge in [0.25, 0.3) is 0 Å². The van der Waals surface area contributed by atoms with E-state index in [1.54, 1.807) is 12.0 Å². The van der Waals surface area contributed by atoms with Gasteiger partial charge in [0.15, 0.2) is 29.5 Å². The van der Waals surface area contributed by atoms with Gasteiger partial charge in [-0.15, -0.1) is 11.8 Å². The third-order valence-electron chi connectivity index (χ3n) is 8.05. The van der Waals surface area contributed by atoms with Gasteiger partial charge in [0.1, 0.15) is 12.4 Å². The number of amides is 1. The van der Waals surface area contributed by atoms with Crippen molar-refractivity contribution >= 4 is 28.6 Å². The lowest BCUT2D eigenvalue weighted by Gasteiger charge is -2.50. The average molecular weight is 615 g/mol. The van der Waals surface area contributed by atoms with E-state index in [-0.39, 0.29) is 19.3 Å². The van der Waals surface area contributed by atoms with Crippen molar-refractivity contribution < 1.29 is 38.0 Å². The summed E-state index contributed by atoms with van der Waals surface area (Å²) in [5.74, 6) is 0.624. The lowest BCUT2D eigenvalue weighted by molar-refractivity contribution is -0.314. The number of fused-ring (bicyclic) bond motifs is 1. The van der Waals surface area contributed by atoms with Crippen LogP contribution in [0.15, 0.2) is 55.1 Å². The number of ether oxygens (including phenoxy) is 7. The molecule has 0 N–H and O–H groups in total. The van der Waals surface area contributed by atoms with Gasteiger partial charge in [0, 0.05) is 32.1 Å². The van der Waals surface area contributed by atoms with Gasteiger partial charge in [-0.05, 0) is 38.5 Å². The maximum atomic E-state index is 12.9. The zero-order chi connectivity index (χ0) is 31.1. The summed E-state index contributed by atoms with van der Waals surface area (Å²) in [5, 5.41) is 12.5. The normalized spacial score (nSPS) is 30.9. The number of carbonyl (C=O) groups is 1. The van der Waals surface area contributed by atoms with Crippen molar-refractivity contribution in [3.63, 3.8) is 0 Å². The molecule has 2 aromatic rings. The van der Waals surface area contributed by atoms with Crippen LogP contribution in [0.2, 0.25) is 0 Å². The largest absolute Gasteiger partial charge is 0.484 e. The highest BCUT2D eigenvalue weighted by atomic mass is 32.2. The Morgan fingerprint density at radius 1 is 1.23 bits per heavy atom. The van der Waals surface area contributed by atoms with Crippen molar-refractivity contribution in [1.82, 2.24) is 4.90 Å². The zero-order valence-corrected chi connectivity index (χ0v) is 26.5. The van der Waals surface area contributed by atoms with Gasteiger partial charge in [0.2, 0.25) is 0 Å². The number of rotatable bonds is 11. The number of carbonyl (C=O) groups excluding carboxylic acids is 1. The highest BCUT2D eigenvalue weighted by molar-refractivity contribution is 8.00. The second-order valence-electron chi connectivity index (χ2n) is 10.8. The number of hydrogen-bond acceptors (Lipinski definition) is 10. The first-order chi connectivity index (χ1) is 20.7. The molecule has 43 heavy (non-hydrogen) atoms. The van der Waals surface area contributed by atoms with Crippen LogP contribution in [-0.2, 0) is 28.4 Å². The van der Waals surface area contributed by atoms with Crippen molar-refractivity contribution in [3.8, 4) is 11.8 Å². The molecule has 0 radical (unpaired) electrons. The standard InChI is InChI=1S/C32H42N2O8S/c1-8-16-38-31(35)34(20(2)3)24-18-39-27(17-26(24)36-5)42-28-29(32(19-33,43-7)21(4)40-30(28)37-6)41-25-15-11-13-22-12-9-10-14-23(22)25/h8-15,20-21,24,26-30H,1,16-18H2,2-7H3/t21-,24+,26+,27+,28-,29-,30+,32+/m1/s1. The monoisotopic (exact) mass is 614 g/mol. The van der Waals surface area contributed by atoms with E-state index in [9.17, 15) is 10.1 Å². The molecule has 0 aliphatic carbocycles. The van der Waals surface area contributed by atoms with Crippen molar-refractivity contribution in [2.75, 3.05) is 33.7 Å². The van der Waals surface area contributed by atoms with Gasteiger partial charge in [-0.3, -0.25) is 4.90 Å². The van der Waals surface area contributed by atoms with E-state index < -0.39 is 53.9 Å². The predicted octanol–water partition coefficient (Wildman–Crippen LogP) is 5.15.